The van der Waals surface area contributed by atoms with Crippen molar-refractivity contribution in [3.8, 4) is 11.1 Å². The molecule has 0 atom stereocenters. The molecule has 1 saturated heterocycles. The fourth-order valence-electron chi connectivity index (χ4n) is 4.01. The van der Waals surface area contributed by atoms with Gasteiger partial charge < -0.3 is 15.2 Å². The van der Waals surface area contributed by atoms with Crippen molar-refractivity contribution >= 4 is 5.91 Å². The van der Waals surface area contributed by atoms with Crippen molar-refractivity contribution in [2.45, 2.75) is 31.2 Å². The summed E-state index contributed by atoms with van der Waals surface area (Å²) >= 11 is 0. The van der Waals surface area contributed by atoms with Gasteiger partial charge in [0.2, 0.25) is 0 Å². The number of ether oxygens (including phenoxy) is 1. The maximum atomic E-state index is 12.8. The minimum atomic E-state index is -0.355. The predicted molar refractivity (Wildman–Crippen MR) is 96.6 cm³/mol. The summed E-state index contributed by atoms with van der Waals surface area (Å²) in [6.45, 7) is 1.32. The minimum Gasteiger partial charge on any atom is -0.396 e. The lowest BCUT2D eigenvalue weighted by molar-refractivity contribution is 0.0267. The van der Waals surface area contributed by atoms with Gasteiger partial charge >= 0.3 is 0 Å². The summed E-state index contributed by atoms with van der Waals surface area (Å²) in [6.07, 6.45) is 2.94. The second-order valence-corrected chi connectivity index (χ2v) is 7.03. The third-order valence-electron chi connectivity index (χ3n) is 5.47. The molecule has 2 aromatic rings. The van der Waals surface area contributed by atoms with Crippen LogP contribution in [0.1, 0.15) is 40.7 Å². The van der Waals surface area contributed by atoms with Crippen LogP contribution in [0.2, 0.25) is 0 Å². The maximum absolute atomic E-state index is 12.8. The number of carbonyl (C=O) groups excluding carboxylic acids is 1. The SMILES string of the molecule is O=C(NC1(CCO)CCOCC1)c1ccc2c(c1)Cc1ccccc1-2. The van der Waals surface area contributed by atoms with E-state index in [0.29, 0.717) is 25.2 Å². The summed E-state index contributed by atoms with van der Waals surface area (Å²) in [6, 6.07) is 14.4. The first kappa shape index (κ1) is 16.3. The van der Waals surface area contributed by atoms with Gasteiger partial charge in [0.25, 0.3) is 5.91 Å². The summed E-state index contributed by atoms with van der Waals surface area (Å²) in [7, 11) is 0. The molecule has 4 heteroatoms. The first-order chi connectivity index (χ1) is 12.2. The van der Waals surface area contributed by atoms with Crippen molar-refractivity contribution in [3.05, 3.63) is 59.2 Å². The number of benzene rings is 2. The molecule has 4 nitrogen and oxygen atoms in total. The van der Waals surface area contributed by atoms with Gasteiger partial charge in [0.05, 0.1) is 0 Å². The number of amides is 1. The second kappa shape index (κ2) is 6.62. The van der Waals surface area contributed by atoms with Crippen LogP contribution in [-0.2, 0) is 11.2 Å². The Hall–Kier alpha value is -2.17. The van der Waals surface area contributed by atoms with Gasteiger partial charge in [0.15, 0.2) is 0 Å². The van der Waals surface area contributed by atoms with Crippen molar-refractivity contribution in [3.63, 3.8) is 0 Å². The van der Waals surface area contributed by atoms with Crippen molar-refractivity contribution in [1.29, 1.82) is 0 Å². The Balaban J connectivity index is 1.56. The first-order valence-electron chi connectivity index (χ1n) is 8.93. The van der Waals surface area contributed by atoms with Gasteiger partial charge in [-0.1, -0.05) is 30.3 Å². The van der Waals surface area contributed by atoms with Crippen LogP contribution in [-0.4, -0.2) is 36.4 Å². The molecule has 1 aliphatic heterocycles. The molecule has 2 N–H and O–H groups in total. The topological polar surface area (TPSA) is 58.6 Å². The second-order valence-electron chi connectivity index (χ2n) is 7.03. The lowest BCUT2D eigenvalue weighted by atomic mass is 9.86. The molecule has 0 bridgehead atoms. The fraction of sp³-hybridized carbons (Fsp3) is 0.381. The Labute approximate surface area is 147 Å². The van der Waals surface area contributed by atoms with Crippen LogP contribution in [0.5, 0.6) is 0 Å². The number of rotatable bonds is 4. The van der Waals surface area contributed by atoms with Crippen LogP contribution in [0.3, 0.4) is 0 Å². The van der Waals surface area contributed by atoms with E-state index in [2.05, 4.69) is 35.6 Å². The average molecular weight is 337 g/mol. The highest BCUT2D eigenvalue weighted by Crippen LogP contribution is 2.36. The van der Waals surface area contributed by atoms with Crippen LogP contribution in [0.15, 0.2) is 42.5 Å². The molecule has 1 fully saturated rings. The van der Waals surface area contributed by atoms with Crippen molar-refractivity contribution in [2.24, 2.45) is 0 Å². The molecule has 0 radical (unpaired) electrons. The molecule has 4 rings (SSSR count). The lowest BCUT2D eigenvalue weighted by Crippen LogP contribution is -2.52. The number of carbonyl (C=O) groups is 1. The summed E-state index contributed by atoms with van der Waals surface area (Å²) < 4.78 is 5.42. The average Bonchev–Trinajstić information content (AvgIpc) is 3.00. The lowest BCUT2D eigenvalue weighted by Gasteiger charge is -2.37. The van der Waals surface area contributed by atoms with E-state index in [1.807, 2.05) is 12.1 Å². The third-order valence-corrected chi connectivity index (χ3v) is 5.47. The largest absolute Gasteiger partial charge is 0.396 e. The van der Waals surface area contributed by atoms with Gasteiger partial charge in [-0.25, -0.2) is 0 Å². The van der Waals surface area contributed by atoms with E-state index < -0.39 is 0 Å². The summed E-state index contributed by atoms with van der Waals surface area (Å²) in [4.78, 5) is 12.8. The van der Waals surface area contributed by atoms with Crippen LogP contribution in [0, 0.1) is 0 Å². The summed E-state index contributed by atoms with van der Waals surface area (Å²) in [5, 5.41) is 12.6. The van der Waals surface area contributed by atoms with Crippen LogP contribution in [0.4, 0.5) is 0 Å². The number of hydrogen-bond acceptors (Lipinski definition) is 3. The van der Waals surface area contributed by atoms with E-state index in [4.69, 9.17) is 4.74 Å². The number of fused-ring (bicyclic) bond motifs is 3. The van der Waals surface area contributed by atoms with E-state index >= 15 is 0 Å². The molecule has 0 unspecified atom stereocenters. The van der Waals surface area contributed by atoms with Crippen LogP contribution >= 0.6 is 0 Å². The molecule has 1 amide bonds. The Morgan fingerprint density at radius 2 is 1.84 bits per heavy atom. The molecule has 2 aliphatic rings. The van der Waals surface area contributed by atoms with Crippen LogP contribution in [0.25, 0.3) is 11.1 Å². The number of nitrogens with one attached hydrogen (secondary N) is 1. The van der Waals surface area contributed by atoms with Crippen molar-refractivity contribution < 1.29 is 14.6 Å². The molecule has 0 aromatic heterocycles. The molecule has 2 aromatic carbocycles. The normalized spacial score (nSPS) is 17.6. The van der Waals surface area contributed by atoms with Gasteiger partial charge in [0.1, 0.15) is 0 Å². The summed E-state index contributed by atoms with van der Waals surface area (Å²) in [5.41, 5.74) is 5.35. The fourth-order valence-corrected chi connectivity index (χ4v) is 4.01. The van der Waals surface area contributed by atoms with Gasteiger partial charge in [0, 0.05) is 30.9 Å². The Bertz CT molecular complexity index is 788. The molecular formula is C21H23NO3. The van der Waals surface area contributed by atoms with E-state index in [1.54, 1.807) is 0 Å². The monoisotopic (exact) mass is 337 g/mol. The number of aliphatic hydroxyl groups excluding tert-OH is 1. The third kappa shape index (κ3) is 3.08. The van der Waals surface area contributed by atoms with Crippen molar-refractivity contribution in [1.82, 2.24) is 5.32 Å². The van der Waals surface area contributed by atoms with Crippen LogP contribution < -0.4 is 5.32 Å². The highest BCUT2D eigenvalue weighted by molar-refractivity contribution is 5.96. The molecule has 0 saturated carbocycles. The van der Waals surface area contributed by atoms with E-state index in [1.165, 1.54) is 22.3 Å². The maximum Gasteiger partial charge on any atom is 0.251 e. The minimum absolute atomic E-state index is 0.0610. The van der Waals surface area contributed by atoms with E-state index in [9.17, 15) is 9.90 Å². The molecule has 1 aliphatic carbocycles. The van der Waals surface area contributed by atoms with Crippen molar-refractivity contribution in [2.75, 3.05) is 19.8 Å². The quantitative estimate of drug-likeness (QED) is 0.770. The van der Waals surface area contributed by atoms with E-state index in [-0.39, 0.29) is 18.1 Å². The highest BCUT2D eigenvalue weighted by Gasteiger charge is 2.34. The Kier molecular flexibility index (Phi) is 4.32. The molecular weight excluding hydrogens is 314 g/mol. The molecule has 130 valence electrons. The Morgan fingerprint density at radius 3 is 2.64 bits per heavy atom. The predicted octanol–water partition coefficient (Wildman–Crippen LogP) is 2.92. The summed E-state index contributed by atoms with van der Waals surface area (Å²) in [5.74, 6) is -0.0610. The highest BCUT2D eigenvalue weighted by atomic mass is 16.5. The molecule has 25 heavy (non-hydrogen) atoms. The Morgan fingerprint density at radius 1 is 1.08 bits per heavy atom. The van der Waals surface area contributed by atoms with Gasteiger partial charge in [-0.15, -0.1) is 0 Å². The van der Waals surface area contributed by atoms with E-state index in [0.717, 1.165) is 19.3 Å². The van der Waals surface area contributed by atoms with Gasteiger partial charge in [-0.2, -0.15) is 0 Å². The van der Waals surface area contributed by atoms with Gasteiger partial charge in [-0.3, -0.25) is 4.79 Å². The zero-order valence-electron chi connectivity index (χ0n) is 14.3. The van der Waals surface area contributed by atoms with Gasteiger partial charge in [-0.05, 0) is 60.1 Å². The number of hydrogen-bond donors (Lipinski definition) is 2. The molecule has 1 heterocycles. The zero-order chi connectivity index (χ0) is 17.3. The smallest absolute Gasteiger partial charge is 0.251 e. The number of aliphatic hydroxyl groups is 1. The first-order valence-corrected chi connectivity index (χ1v) is 8.93. The zero-order valence-corrected chi connectivity index (χ0v) is 14.3. The standard InChI is InChI=1S/C21H23NO3/c23-10-7-21(8-11-25-12-9-21)22-20(24)16-5-6-19-17(14-16)13-15-3-1-2-4-18(15)19/h1-6,14,23H,7-13H2,(H,22,24). The molecule has 0 spiro atoms.